The van der Waals surface area contributed by atoms with E-state index in [9.17, 15) is 4.79 Å². The molecular weight excluding hydrogens is 280 g/mol. The molecule has 3 rings (SSSR count). The lowest BCUT2D eigenvalue weighted by Gasteiger charge is -2.35. The maximum Gasteiger partial charge on any atom is 0.228 e. The van der Waals surface area contributed by atoms with E-state index in [1.165, 1.54) is 12.8 Å². The quantitative estimate of drug-likeness (QED) is 0.826. The molecule has 1 saturated heterocycles. The van der Waals surface area contributed by atoms with Crippen molar-refractivity contribution in [3.8, 4) is 5.88 Å². The molecule has 120 valence electrons. The third kappa shape index (κ3) is 3.48. The van der Waals surface area contributed by atoms with Gasteiger partial charge in [0.05, 0.1) is 7.11 Å². The average molecular weight is 304 g/mol. The van der Waals surface area contributed by atoms with Crippen molar-refractivity contribution in [2.24, 2.45) is 11.8 Å². The van der Waals surface area contributed by atoms with Crippen LogP contribution in [-0.2, 0) is 4.79 Å². The van der Waals surface area contributed by atoms with Gasteiger partial charge in [0.2, 0.25) is 17.7 Å². The van der Waals surface area contributed by atoms with E-state index in [0.29, 0.717) is 30.1 Å². The van der Waals surface area contributed by atoms with E-state index >= 15 is 0 Å². The zero-order valence-electron chi connectivity index (χ0n) is 13.4. The summed E-state index contributed by atoms with van der Waals surface area (Å²) in [6.45, 7) is 5.25. The summed E-state index contributed by atoms with van der Waals surface area (Å²) in [4.78, 5) is 25.1. The summed E-state index contributed by atoms with van der Waals surface area (Å²) in [6.07, 6.45) is 5.00. The molecule has 1 aliphatic heterocycles. The third-order valence-corrected chi connectivity index (χ3v) is 4.67. The van der Waals surface area contributed by atoms with Gasteiger partial charge in [-0.1, -0.05) is 6.92 Å². The molecule has 2 heterocycles. The Bertz CT molecular complexity index is 525. The Morgan fingerprint density at radius 1 is 1.36 bits per heavy atom. The molecule has 0 bridgehead atoms. The van der Waals surface area contributed by atoms with Crippen LogP contribution in [0.5, 0.6) is 5.88 Å². The summed E-state index contributed by atoms with van der Waals surface area (Å²) in [5, 5.41) is 0. The molecule has 22 heavy (non-hydrogen) atoms. The lowest BCUT2D eigenvalue weighted by atomic mass is 10.0. The minimum Gasteiger partial charge on any atom is -0.481 e. The Morgan fingerprint density at radius 2 is 2.09 bits per heavy atom. The van der Waals surface area contributed by atoms with Gasteiger partial charge in [0.25, 0.3) is 0 Å². The van der Waals surface area contributed by atoms with Crippen molar-refractivity contribution in [1.29, 1.82) is 0 Å². The molecule has 0 aromatic carbocycles. The first-order valence-electron chi connectivity index (χ1n) is 8.07. The zero-order chi connectivity index (χ0) is 15.5. The first-order chi connectivity index (χ1) is 10.7. The maximum absolute atomic E-state index is 12.3. The molecule has 0 radical (unpaired) electrons. The van der Waals surface area contributed by atoms with Crippen molar-refractivity contribution in [3.63, 3.8) is 0 Å². The van der Waals surface area contributed by atoms with Crippen molar-refractivity contribution in [1.82, 2.24) is 14.9 Å². The van der Waals surface area contributed by atoms with Gasteiger partial charge in [0.1, 0.15) is 0 Å². The lowest BCUT2D eigenvalue weighted by molar-refractivity contribution is -0.132. The molecule has 6 nitrogen and oxygen atoms in total. The van der Waals surface area contributed by atoms with Gasteiger partial charge in [0, 0.05) is 44.9 Å². The zero-order valence-corrected chi connectivity index (χ0v) is 13.4. The number of carbonyl (C=O) groups is 1. The Morgan fingerprint density at radius 3 is 2.73 bits per heavy atom. The van der Waals surface area contributed by atoms with E-state index in [-0.39, 0.29) is 0 Å². The predicted molar refractivity (Wildman–Crippen MR) is 83.9 cm³/mol. The second-order valence-corrected chi connectivity index (χ2v) is 6.29. The highest BCUT2D eigenvalue weighted by atomic mass is 16.5. The van der Waals surface area contributed by atoms with Crippen LogP contribution in [0, 0.1) is 11.8 Å². The van der Waals surface area contributed by atoms with Gasteiger partial charge in [-0.3, -0.25) is 4.79 Å². The molecular formula is C16H24N4O2. The highest BCUT2D eigenvalue weighted by molar-refractivity contribution is 5.76. The SMILES string of the molecule is COc1ccnc(N2CCN(C(=O)C[C@H](C)C3CC3)CC2)n1. The topological polar surface area (TPSA) is 58.6 Å². The van der Waals surface area contributed by atoms with Crippen LogP contribution >= 0.6 is 0 Å². The van der Waals surface area contributed by atoms with Crippen molar-refractivity contribution < 1.29 is 9.53 Å². The number of hydrogen-bond donors (Lipinski definition) is 0. The number of rotatable bonds is 5. The second kappa shape index (κ2) is 6.50. The van der Waals surface area contributed by atoms with Crippen LogP contribution < -0.4 is 9.64 Å². The Labute approximate surface area is 131 Å². The van der Waals surface area contributed by atoms with Crippen LogP contribution in [0.4, 0.5) is 5.95 Å². The molecule has 1 aromatic heterocycles. The molecule has 0 spiro atoms. The highest BCUT2D eigenvalue weighted by Crippen LogP contribution is 2.38. The number of carbonyl (C=O) groups excluding carboxylic acids is 1. The van der Waals surface area contributed by atoms with Crippen LogP contribution in [0.2, 0.25) is 0 Å². The van der Waals surface area contributed by atoms with Crippen LogP contribution in [0.25, 0.3) is 0 Å². The summed E-state index contributed by atoms with van der Waals surface area (Å²) in [5.74, 6) is 2.87. The summed E-state index contributed by atoms with van der Waals surface area (Å²) < 4.78 is 5.13. The van der Waals surface area contributed by atoms with E-state index in [2.05, 4.69) is 21.8 Å². The van der Waals surface area contributed by atoms with Crippen LogP contribution in [0.3, 0.4) is 0 Å². The fraction of sp³-hybridized carbons (Fsp3) is 0.688. The predicted octanol–water partition coefficient (Wildman–Crippen LogP) is 1.57. The van der Waals surface area contributed by atoms with Gasteiger partial charge in [-0.05, 0) is 24.7 Å². The standard InChI is InChI=1S/C16H24N4O2/c1-12(13-3-4-13)11-15(21)19-7-9-20(10-8-19)16-17-6-5-14(18-16)22-2/h5-6,12-13H,3-4,7-11H2,1-2H3/t12-/m0/s1. The minimum absolute atomic E-state index is 0.297. The molecule has 1 saturated carbocycles. The van der Waals surface area contributed by atoms with Crippen molar-refractivity contribution in [2.75, 3.05) is 38.2 Å². The summed E-state index contributed by atoms with van der Waals surface area (Å²) in [7, 11) is 1.60. The van der Waals surface area contributed by atoms with Gasteiger partial charge >= 0.3 is 0 Å². The van der Waals surface area contributed by atoms with Crippen LogP contribution in [0.1, 0.15) is 26.2 Å². The van der Waals surface area contributed by atoms with Crippen LogP contribution in [-0.4, -0.2) is 54.1 Å². The summed E-state index contributed by atoms with van der Waals surface area (Å²) >= 11 is 0. The monoisotopic (exact) mass is 304 g/mol. The van der Waals surface area contributed by atoms with Crippen molar-refractivity contribution >= 4 is 11.9 Å². The molecule has 0 unspecified atom stereocenters. The van der Waals surface area contributed by atoms with E-state index in [0.717, 1.165) is 32.1 Å². The van der Waals surface area contributed by atoms with E-state index in [1.807, 2.05) is 4.90 Å². The second-order valence-electron chi connectivity index (χ2n) is 6.29. The van der Waals surface area contributed by atoms with Gasteiger partial charge in [-0.25, -0.2) is 4.98 Å². The third-order valence-electron chi connectivity index (χ3n) is 4.67. The number of anilines is 1. The number of ether oxygens (including phenoxy) is 1. The molecule has 1 aromatic rings. The fourth-order valence-corrected chi connectivity index (χ4v) is 2.99. The smallest absolute Gasteiger partial charge is 0.228 e. The molecule has 1 atom stereocenters. The van der Waals surface area contributed by atoms with Gasteiger partial charge < -0.3 is 14.5 Å². The molecule has 1 amide bonds. The Hall–Kier alpha value is -1.85. The number of aromatic nitrogens is 2. The number of methoxy groups -OCH3 is 1. The number of nitrogens with zero attached hydrogens (tertiary/aromatic N) is 4. The highest BCUT2D eigenvalue weighted by Gasteiger charge is 2.31. The molecule has 2 aliphatic rings. The number of piperazine rings is 1. The maximum atomic E-state index is 12.3. The van der Waals surface area contributed by atoms with Crippen molar-refractivity contribution in [3.05, 3.63) is 12.3 Å². The first kappa shape index (κ1) is 15.1. The average Bonchev–Trinajstić information content (AvgIpc) is 3.40. The van der Waals surface area contributed by atoms with E-state index in [1.54, 1.807) is 19.4 Å². The van der Waals surface area contributed by atoms with Crippen molar-refractivity contribution in [2.45, 2.75) is 26.2 Å². The summed E-state index contributed by atoms with van der Waals surface area (Å²) in [6, 6.07) is 1.74. The normalized spacial score (nSPS) is 19.9. The lowest BCUT2D eigenvalue weighted by Crippen LogP contribution is -2.49. The van der Waals surface area contributed by atoms with Crippen LogP contribution in [0.15, 0.2) is 12.3 Å². The minimum atomic E-state index is 0.297. The summed E-state index contributed by atoms with van der Waals surface area (Å²) in [5.41, 5.74) is 0. The van der Waals surface area contributed by atoms with E-state index in [4.69, 9.17) is 4.74 Å². The number of hydrogen-bond acceptors (Lipinski definition) is 5. The Balaban J connectivity index is 1.52. The van der Waals surface area contributed by atoms with Gasteiger partial charge in [0.15, 0.2) is 0 Å². The fourth-order valence-electron chi connectivity index (χ4n) is 2.99. The van der Waals surface area contributed by atoms with Gasteiger partial charge in [-0.2, -0.15) is 4.98 Å². The molecule has 1 aliphatic carbocycles. The Kier molecular flexibility index (Phi) is 4.45. The number of amides is 1. The molecule has 2 fully saturated rings. The van der Waals surface area contributed by atoms with Gasteiger partial charge in [-0.15, -0.1) is 0 Å². The molecule has 6 heteroatoms. The molecule has 0 N–H and O–H groups in total. The largest absolute Gasteiger partial charge is 0.481 e. The first-order valence-corrected chi connectivity index (χ1v) is 8.07. The van der Waals surface area contributed by atoms with E-state index < -0.39 is 0 Å².